The zero-order valence-electron chi connectivity index (χ0n) is 11.2. The van der Waals surface area contributed by atoms with Crippen LogP contribution in [0.2, 0.25) is 0 Å². The lowest BCUT2D eigenvalue weighted by Gasteiger charge is -2.15. The molecule has 19 heavy (non-hydrogen) atoms. The molecular weight excluding hydrogens is 244 g/mol. The summed E-state index contributed by atoms with van der Waals surface area (Å²) in [6, 6.07) is 8.68. The Labute approximate surface area is 113 Å². The van der Waals surface area contributed by atoms with Gasteiger partial charge < -0.3 is 15.7 Å². The maximum Gasteiger partial charge on any atom is 0.251 e. The van der Waals surface area contributed by atoms with Gasteiger partial charge in [0.15, 0.2) is 0 Å². The molecule has 0 aliphatic rings. The second-order valence-electron chi connectivity index (χ2n) is 4.66. The summed E-state index contributed by atoms with van der Waals surface area (Å²) in [7, 11) is 0. The van der Waals surface area contributed by atoms with Crippen LogP contribution in [0.4, 0.5) is 0 Å². The maximum absolute atomic E-state index is 11.7. The summed E-state index contributed by atoms with van der Waals surface area (Å²) in [6.07, 6.45) is -0.575. The highest BCUT2D eigenvalue weighted by Gasteiger charge is 2.11. The van der Waals surface area contributed by atoms with Gasteiger partial charge in [0.2, 0.25) is 5.91 Å². The molecule has 3 N–H and O–H groups in total. The molecule has 0 aliphatic heterocycles. The van der Waals surface area contributed by atoms with E-state index in [1.807, 2.05) is 19.9 Å². The summed E-state index contributed by atoms with van der Waals surface area (Å²) in [5, 5.41) is 14.6. The lowest BCUT2D eigenvalue weighted by Crippen LogP contribution is -2.41. The van der Waals surface area contributed by atoms with Crippen molar-refractivity contribution in [2.24, 2.45) is 5.92 Å². The molecule has 1 atom stereocenters. The van der Waals surface area contributed by atoms with Crippen molar-refractivity contribution >= 4 is 11.8 Å². The number of hydrogen-bond donors (Lipinski definition) is 3. The zero-order valence-corrected chi connectivity index (χ0v) is 11.2. The number of benzene rings is 1. The summed E-state index contributed by atoms with van der Waals surface area (Å²) in [6.45, 7) is 3.83. The fraction of sp³-hybridized carbons (Fsp3) is 0.429. The van der Waals surface area contributed by atoms with Crippen LogP contribution in [0.3, 0.4) is 0 Å². The Morgan fingerprint density at radius 1 is 1.16 bits per heavy atom. The molecule has 0 heterocycles. The van der Waals surface area contributed by atoms with Gasteiger partial charge in [0, 0.05) is 12.1 Å². The van der Waals surface area contributed by atoms with Crippen molar-refractivity contribution in [3.05, 3.63) is 35.9 Å². The van der Waals surface area contributed by atoms with E-state index in [4.69, 9.17) is 0 Å². The summed E-state index contributed by atoms with van der Waals surface area (Å²) >= 11 is 0. The molecule has 1 aromatic rings. The monoisotopic (exact) mass is 264 g/mol. The molecule has 0 radical (unpaired) electrons. The van der Waals surface area contributed by atoms with Crippen LogP contribution in [0, 0.1) is 5.92 Å². The molecule has 1 aromatic carbocycles. The highest BCUT2D eigenvalue weighted by Crippen LogP contribution is 1.99. The highest BCUT2D eigenvalue weighted by molar-refractivity contribution is 5.96. The fourth-order valence-electron chi connectivity index (χ4n) is 1.37. The molecule has 0 saturated heterocycles. The van der Waals surface area contributed by atoms with Crippen LogP contribution in [-0.4, -0.2) is 36.1 Å². The molecule has 1 unspecified atom stereocenters. The van der Waals surface area contributed by atoms with Crippen molar-refractivity contribution in [2.75, 3.05) is 13.1 Å². The Hall–Kier alpha value is -1.88. The minimum Gasteiger partial charge on any atom is -0.391 e. The molecule has 0 fully saturated rings. The van der Waals surface area contributed by atoms with Gasteiger partial charge in [-0.3, -0.25) is 9.59 Å². The second kappa shape index (κ2) is 7.53. The molecule has 0 bridgehead atoms. The quantitative estimate of drug-likeness (QED) is 0.702. The summed E-state index contributed by atoms with van der Waals surface area (Å²) in [5.74, 6) is -0.525. The molecule has 0 aromatic heterocycles. The van der Waals surface area contributed by atoms with Gasteiger partial charge >= 0.3 is 0 Å². The number of carbonyl (C=O) groups excluding carboxylic acids is 2. The van der Waals surface area contributed by atoms with Crippen LogP contribution in [0.25, 0.3) is 0 Å². The first-order chi connectivity index (χ1) is 9.00. The van der Waals surface area contributed by atoms with E-state index in [1.54, 1.807) is 24.3 Å². The van der Waals surface area contributed by atoms with Gasteiger partial charge in [0.25, 0.3) is 5.91 Å². The van der Waals surface area contributed by atoms with E-state index in [0.29, 0.717) is 5.56 Å². The van der Waals surface area contributed by atoms with Gasteiger partial charge in [0.05, 0.1) is 12.6 Å². The smallest absolute Gasteiger partial charge is 0.251 e. The first-order valence-corrected chi connectivity index (χ1v) is 6.28. The van der Waals surface area contributed by atoms with Crippen molar-refractivity contribution in [1.82, 2.24) is 10.6 Å². The number of hydrogen-bond acceptors (Lipinski definition) is 3. The fourth-order valence-corrected chi connectivity index (χ4v) is 1.37. The molecule has 0 aliphatic carbocycles. The molecule has 2 amide bonds. The Balaban J connectivity index is 2.29. The van der Waals surface area contributed by atoms with E-state index in [1.165, 1.54) is 0 Å². The van der Waals surface area contributed by atoms with Crippen molar-refractivity contribution in [3.63, 3.8) is 0 Å². The molecule has 5 nitrogen and oxygen atoms in total. The topological polar surface area (TPSA) is 78.4 Å². The number of nitrogens with one attached hydrogen (secondary N) is 2. The first-order valence-electron chi connectivity index (χ1n) is 6.28. The van der Waals surface area contributed by atoms with Gasteiger partial charge in [-0.1, -0.05) is 32.0 Å². The zero-order chi connectivity index (χ0) is 14.3. The lowest BCUT2D eigenvalue weighted by atomic mass is 10.1. The van der Waals surface area contributed by atoms with E-state index in [2.05, 4.69) is 10.6 Å². The molecule has 5 heteroatoms. The molecule has 1 rings (SSSR count). The Bertz CT molecular complexity index is 418. The third kappa shape index (κ3) is 5.52. The number of aliphatic hydroxyl groups excluding tert-OH is 1. The SMILES string of the molecule is CC(C)C(O)CNC(=O)CNC(=O)c1ccccc1. The number of amides is 2. The van der Waals surface area contributed by atoms with Crippen molar-refractivity contribution in [1.29, 1.82) is 0 Å². The second-order valence-corrected chi connectivity index (χ2v) is 4.66. The van der Waals surface area contributed by atoms with E-state index in [0.717, 1.165) is 0 Å². The average Bonchev–Trinajstić information content (AvgIpc) is 2.42. The van der Waals surface area contributed by atoms with E-state index in [9.17, 15) is 14.7 Å². The van der Waals surface area contributed by atoms with Gasteiger partial charge in [0.1, 0.15) is 0 Å². The predicted octanol–water partition coefficient (Wildman–Crippen LogP) is 0.549. The predicted molar refractivity (Wildman–Crippen MR) is 72.6 cm³/mol. The Morgan fingerprint density at radius 3 is 2.37 bits per heavy atom. The minimum absolute atomic E-state index is 0.0826. The third-order valence-corrected chi connectivity index (χ3v) is 2.72. The standard InChI is InChI=1S/C14H20N2O3/c1-10(2)12(17)8-15-13(18)9-16-14(19)11-6-4-3-5-7-11/h3-7,10,12,17H,8-9H2,1-2H3,(H,15,18)(H,16,19). The normalized spacial score (nSPS) is 12.0. The van der Waals surface area contributed by atoms with Crippen LogP contribution in [0.15, 0.2) is 30.3 Å². The maximum atomic E-state index is 11.7. The van der Waals surface area contributed by atoms with Crippen molar-refractivity contribution in [2.45, 2.75) is 20.0 Å². The largest absolute Gasteiger partial charge is 0.391 e. The average molecular weight is 264 g/mol. The van der Waals surface area contributed by atoms with Crippen molar-refractivity contribution in [3.8, 4) is 0 Å². The Kier molecular flexibility index (Phi) is 6.02. The lowest BCUT2D eigenvalue weighted by molar-refractivity contribution is -0.120. The van der Waals surface area contributed by atoms with Gasteiger partial charge in [-0.2, -0.15) is 0 Å². The highest BCUT2D eigenvalue weighted by atomic mass is 16.3. The summed E-state index contributed by atoms with van der Waals surface area (Å²) in [5.41, 5.74) is 0.512. The molecular formula is C14H20N2O3. The van der Waals surface area contributed by atoms with Gasteiger partial charge in [-0.05, 0) is 18.1 Å². The number of carbonyl (C=O) groups is 2. The van der Waals surface area contributed by atoms with Gasteiger partial charge in [-0.15, -0.1) is 0 Å². The van der Waals surface area contributed by atoms with Crippen LogP contribution < -0.4 is 10.6 Å². The summed E-state index contributed by atoms with van der Waals surface area (Å²) in [4.78, 5) is 23.1. The van der Waals surface area contributed by atoms with Crippen LogP contribution in [0.1, 0.15) is 24.2 Å². The van der Waals surface area contributed by atoms with E-state index >= 15 is 0 Å². The van der Waals surface area contributed by atoms with Crippen molar-refractivity contribution < 1.29 is 14.7 Å². The minimum atomic E-state index is -0.575. The summed E-state index contributed by atoms with van der Waals surface area (Å²) < 4.78 is 0. The van der Waals surface area contributed by atoms with Gasteiger partial charge in [-0.25, -0.2) is 0 Å². The van der Waals surface area contributed by atoms with Crippen LogP contribution >= 0.6 is 0 Å². The van der Waals surface area contributed by atoms with Crippen LogP contribution in [0.5, 0.6) is 0 Å². The van der Waals surface area contributed by atoms with Crippen LogP contribution in [-0.2, 0) is 4.79 Å². The molecule has 0 saturated carbocycles. The van der Waals surface area contributed by atoms with E-state index in [-0.39, 0.29) is 30.8 Å². The Morgan fingerprint density at radius 2 is 1.79 bits per heavy atom. The molecule has 0 spiro atoms. The number of aliphatic hydroxyl groups is 1. The van der Waals surface area contributed by atoms with E-state index < -0.39 is 6.10 Å². The molecule has 104 valence electrons. The first kappa shape index (κ1) is 15.2. The number of rotatable bonds is 6. The third-order valence-electron chi connectivity index (χ3n) is 2.72.